The molecule has 0 radical (unpaired) electrons. The van der Waals surface area contributed by atoms with Gasteiger partial charge >= 0.3 is 0 Å². The van der Waals surface area contributed by atoms with Gasteiger partial charge in [0.15, 0.2) is 15.6 Å². The molecular weight excluding hydrogens is 755 g/mol. The number of fused-ring (bicyclic) bond motifs is 1. The van der Waals surface area contributed by atoms with Gasteiger partial charge in [0.2, 0.25) is 9.84 Å². The lowest BCUT2D eigenvalue weighted by atomic mass is 10.0. The van der Waals surface area contributed by atoms with E-state index in [9.17, 15) is 47.9 Å². The number of methoxy groups -OCH3 is 2. The predicted octanol–water partition coefficient (Wildman–Crippen LogP) is 5.76. The van der Waals surface area contributed by atoms with Crippen LogP contribution in [-0.2, 0) is 39.9 Å². The van der Waals surface area contributed by atoms with E-state index in [1.165, 1.54) is 19.2 Å². The first-order valence-electron chi connectivity index (χ1n) is 13.7. The first-order valence-corrected chi connectivity index (χ1v) is 19.6. The molecule has 0 unspecified atom stereocenters. The van der Waals surface area contributed by atoms with E-state index in [4.69, 9.17) is 9.47 Å². The molecule has 0 atom stereocenters. The summed E-state index contributed by atoms with van der Waals surface area (Å²) in [5.74, 6) is -1.25. The average Bonchev–Trinajstić information content (AvgIpc) is 3.08. The van der Waals surface area contributed by atoms with E-state index in [0.29, 0.717) is 16.9 Å². The Kier molecular flexibility index (Phi) is 10.7. The molecule has 0 aromatic heterocycles. The van der Waals surface area contributed by atoms with E-state index >= 15 is 0 Å². The molecule has 0 fully saturated rings. The highest BCUT2D eigenvalue weighted by Crippen LogP contribution is 2.48. The van der Waals surface area contributed by atoms with Crippen LogP contribution in [-0.4, -0.2) is 69.2 Å². The highest BCUT2D eigenvalue weighted by molar-refractivity contribution is 7.94. The van der Waals surface area contributed by atoms with Crippen LogP contribution in [0.15, 0.2) is 113 Å². The zero-order valence-corrected chi connectivity index (χ0v) is 29.8. The molecule has 51 heavy (non-hydrogen) atoms. The van der Waals surface area contributed by atoms with Crippen molar-refractivity contribution in [3.8, 4) is 17.2 Å². The first-order chi connectivity index (χ1) is 23.7. The normalized spacial score (nSPS) is 12.7. The van der Waals surface area contributed by atoms with Crippen molar-refractivity contribution in [3.05, 3.63) is 72.5 Å². The van der Waals surface area contributed by atoms with Crippen LogP contribution in [0.4, 0.5) is 28.4 Å². The standard InChI is InChI=1S/C29H27N5O13S4/c1-6-48(36,37)16-8-10-19(24(12-16)50(40,41)42)31-33-27-18-13-26(51(43,44)45)28(29(47-5)17(18)9-11-20(27)30-3)34-32-21-14-23(46-4)25(15-22(21)35)49(38,39)7-2/h6-15,30,35H,1-2H2,3-5H3,(H,40,41,42)(H,43,44,45). The van der Waals surface area contributed by atoms with Gasteiger partial charge in [0.25, 0.3) is 20.2 Å². The van der Waals surface area contributed by atoms with Crippen molar-refractivity contribution >= 4 is 79.1 Å². The molecule has 22 heteroatoms. The van der Waals surface area contributed by atoms with Crippen LogP contribution in [0.1, 0.15) is 0 Å². The van der Waals surface area contributed by atoms with E-state index in [-0.39, 0.29) is 39.3 Å². The molecule has 0 aliphatic heterocycles. The van der Waals surface area contributed by atoms with Crippen molar-refractivity contribution in [1.29, 1.82) is 0 Å². The van der Waals surface area contributed by atoms with Crippen molar-refractivity contribution in [2.45, 2.75) is 19.6 Å². The molecule has 270 valence electrons. The maximum absolute atomic E-state index is 12.7. The van der Waals surface area contributed by atoms with Gasteiger partial charge in [0, 0.05) is 40.8 Å². The summed E-state index contributed by atoms with van der Waals surface area (Å²) in [6, 6.07) is 8.26. The van der Waals surface area contributed by atoms with Gasteiger partial charge in [-0.2, -0.15) is 16.8 Å². The third-order valence-corrected chi connectivity index (χ3v) is 11.5. The van der Waals surface area contributed by atoms with Crippen LogP contribution in [0, 0.1) is 0 Å². The fourth-order valence-corrected chi connectivity index (χ4v) is 7.53. The van der Waals surface area contributed by atoms with Crippen molar-refractivity contribution in [2.75, 3.05) is 26.6 Å². The monoisotopic (exact) mass is 781 g/mol. The minimum atomic E-state index is -5.15. The largest absolute Gasteiger partial charge is 0.506 e. The van der Waals surface area contributed by atoms with Gasteiger partial charge in [-0.3, -0.25) is 9.11 Å². The summed E-state index contributed by atoms with van der Waals surface area (Å²) in [5, 5.41) is 30.3. The molecule has 0 aliphatic rings. The van der Waals surface area contributed by atoms with Gasteiger partial charge in [-0.15, -0.1) is 20.5 Å². The third kappa shape index (κ3) is 7.74. The number of nitrogens with one attached hydrogen (secondary N) is 1. The smallest absolute Gasteiger partial charge is 0.296 e. The lowest BCUT2D eigenvalue weighted by Gasteiger charge is -2.15. The van der Waals surface area contributed by atoms with Gasteiger partial charge in [0.1, 0.15) is 48.9 Å². The van der Waals surface area contributed by atoms with Crippen molar-refractivity contribution in [1.82, 2.24) is 0 Å². The minimum absolute atomic E-state index is 0.0585. The average molecular weight is 782 g/mol. The van der Waals surface area contributed by atoms with Crippen LogP contribution in [0.25, 0.3) is 10.8 Å². The highest BCUT2D eigenvalue weighted by atomic mass is 32.2. The Hall–Kier alpha value is -5.26. The Morgan fingerprint density at radius 2 is 1.27 bits per heavy atom. The summed E-state index contributed by atoms with van der Waals surface area (Å²) in [4.78, 5) is -2.76. The van der Waals surface area contributed by atoms with Gasteiger partial charge in [0.05, 0.1) is 24.8 Å². The second-order valence-corrected chi connectivity index (χ2v) is 16.5. The summed E-state index contributed by atoms with van der Waals surface area (Å²) in [6.45, 7) is 6.40. The van der Waals surface area contributed by atoms with Crippen molar-refractivity contribution in [2.24, 2.45) is 20.5 Å². The number of anilines is 1. The number of aromatic hydroxyl groups is 1. The first kappa shape index (κ1) is 38.5. The number of sulfone groups is 2. The Morgan fingerprint density at radius 1 is 0.667 bits per heavy atom. The van der Waals surface area contributed by atoms with Crippen LogP contribution in [0.2, 0.25) is 0 Å². The van der Waals surface area contributed by atoms with Crippen LogP contribution in [0.5, 0.6) is 17.2 Å². The predicted molar refractivity (Wildman–Crippen MR) is 184 cm³/mol. The number of ether oxygens (including phenoxy) is 2. The summed E-state index contributed by atoms with van der Waals surface area (Å²) in [5.41, 5.74) is -1.41. The quantitative estimate of drug-likeness (QED) is 0.0927. The molecule has 0 bridgehead atoms. The molecule has 4 aromatic rings. The Bertz CT molecular complexity index is 2620. The maximum Gasteiger partial charge on any atom is 0.296 e. The second-order valence-electron chi connectivity index (χ2n) is 9.96. The Morgan fingerprint density at radius 3 is 1.82 bits per heavy atom. The van der Waals surface area contributed by atoms with E-state index in [1.54, 1.807) is 0 Å². The Balaban J connectivity index is 2.00. The number of azo groups is 2. The van der Waals surface area contributed by atoms with Crippen molar-refractivity contribution in [3.63, 3.8) is 0 Å². The number of phenols is 1. The number of nitrogens with zero attached hydrogens (tertiary/aromatic N) is 4. The second kappa shape index (κ2) is 14.2. The summed E-state index contributed by atoms with van der Waals surface area (Å²) in [7, 11) is -14.7. The molecule has 18 nitrogen and oxygen atoms in total. The lowest BCUT2D eigenvalue weighted by molar-refractivity contribution is 0.400. The maximum atomic E-state index is 12.7. The third-order valence-electron chi connectivity index (χ3n) is 7.00. The topological polar surface area (TPSA) is 277 Å². The van der Waals surface area contributed by atoms with E-state index < -0.39 is 76.6 Å². The van der Waals surface area contributed by atoms with Gasteiger partial charge in [-0.05, 0) is 36.4 Å². The molecule has 4 rings (SSSR count). The van der Waals surface area contributed by atoms with Crippen molar-refractivity contribution < 1.29 is 57.4 Å². The zero-order valence-electron chi connectivity index (χ0n) is 26.5. The zero-order chi connectivity index (χ0) is 38.1. The molecule has 0 saturated heterocycles. The van der Waals surface area contributed by atoms with Crippen LogP contribution < -0.4 is 14.8 Å². The molecular formula is C29H27N5O13S4. The van der Waals surface area contributed by atoms with Gasteiger partial charge in [-0.1, -0.05) is 13.2 Å². The number of hydrogen-bond donors (Lipinski definition) is 4. The van der Waals surface area contributed by atoms with E-state index in [0.717, 1.165) is 44.6 Å². The fourth-order valence-electron chi connectivity index (χ4n) is 4.55. The Labute approximate surface area is 291 Å². The minimum Gasteiger partial charge on any atom is -0.506 e. The van der Waals surface area contributed by atoms with E-state index in [2.05, 4.69) is 38.9 Å². The molecule has 0 saturated carbocycles. The molecule has 0 spiro atoms. The highest BCUT2D eigenvalue weighted by Gasteiger charge is 2.26. The molecule has 0 amide bonds. The summed E-state index contributed by atoms with van der Waals surface area (Å²) < 4.78 is 130. The molecule has 0 aliphatic carbocycles. The van der Waals surface area contributed by atoms with E-state index in [1.807, 2.05) is 0 Å². The number of phenolic OH excluding ortho intramolecular Hbond substituents is 1. The summed E-state index contributed by atoms with van der Waals surface area (Å²) >= 11 is 0. The number of benzene rings is 4. The molecule has 4 N–H and O–H groups in total. The lowest BCUT2D eigenvalue weighted by Crippen LogP contribution is -2.02. The molecule has 4 aromatic carbocycles. The fraction of sp³-hybridized carbons (Fsp3) is 0.103. The van der Waals surface area contributed by atoms with Crippen LogP contribution >= 0.6 is 0 Å². The number of rotatable bonds is 13. The van der Waals surface area contributed by atoms with Gasteiger partial charge < -0.3 is 19.9 Å². The summed E-state index contributed by atoms with van der Waals surface area (Å²) in [6.07, 6.45) is 0. The number of hydrogen-bond acceptors (Lipinski definition) is 16. The molecule has 0 heterocycles. The van der Waals surface area contributed by atoms with Gasteiger partial charge in [-0.25, -0.2) is 16.8 Å². The SMILES string of the molecule is C=CS(=O)(=O)c1ccc(N=Nc2c(NC)ccc3c(OC)c(N=Nc4cc(OC)c(S(=O)(=O)C=C)cc4O)c(S(=O)(=O)O)cc23)c(S(=O)(=O)O)c1. The van der Waals surface area contributed by atoms with Crippen LogP contribution in [0.3, 0.4) is 0 Å².